The first kappa shape index (κ1) is 11.6. The van der Waals surface area contributed by atoms with E-state index in [4.69, 9.17) is 10.5 Å². The van der Waals surface area contributed by atoms with Gasteiger partial charge < -0.3 is 15.5 Å². The number of hydrogen-bond acceptors (Lipinski definition) is 4. The number of hydrogen-bond donors (Lipinski definition) is 3. The van der Waals surface area contributed by atoms with Crippen molar-refractivity contribution in [2.45, 2.75) is 0 Å². The highest BCUT2D eigenvalue weighted by atomic mass is 16.6. The van der Waals surface area contributed by atoms with Crippen molar-refractivity contribution in [3.8, 4) is 5.88 Å². The van der Waals surface area contributed by atoms with E-state index in [1.807, 2.05) is 6.07 Å². The SMILES string of the molecule is NC(=O)c1[nH]cnc1OC(=O)Nc1ccccc1. The minimum absolute atomic E-state index is 0.0572. The minimum Gasteiger partial charge on any atom is -0.388 e. The molecule has 0 radical (unpaired) electrons. The summed E-state index contributed by atoms with van der Waals surface area (Å²) in [6.07, 6.45) is 0.460. The first-order valence-electron chi connectivity index (χ1n) is 5.04. The van der Waals surface area contributed by atoms with E-state index in [2.05, 4.69) is 15.3 Å². The molecule has 0 unspecified atom stereocenters. The lowest BCUT2D eigenvalue weighted by Gasteiger charge is -2.04. The van der Waals surface area contributed by atoms with Crippen molar-refractivity contribution < 1.29 is 14.3 Å². The number of benzene rings is 1. The van der Waals surface area contributed by atoms with Gasteiger partial charge in [-0.3, -0.25) is 10.1 Å². The third kappa shape index (κ3) is 2.64. The van der Waals surface area contributed by atoms with Gasteiger partial charge in [-0.2, -0.15) is 0 Å². The number of primary amides is 1. The Hall–Kier alpha value is -2.83. The number of ether oxygens (including phenoxy) is 1. The number of anilines is 1. The van der Waals surface area contributed by atoms with Crippen LogP contribution in [0.5, 0.6) is 5.88 Å². The first-order valence-corrected chi connectivity index (χ1v) is 5.04. The van der Waals surface area contributed by atoms with Crippen LogP contribution < -0.4 is 15.8 Å². The zero-order valence-electron chi connectivity index (χ0n) is 9.21. The fraction of sp³-hybridized carbons (Fsp3) is 0. The topological polar surface area (TPSA) is 110 Å². The van der Waals surface area contributed by atoms with Crippen LogP contribution in [0.4, 0.5) is 10.5 Å². The molecule has 0 fully saturated rings. The molecular formula is C11H10N4O3. The van der Waals surface area contributed by atoms with Crippen molar-refractivity contribution in [1.82, 2.24) is 9.97 Å². The Morgan fingerprint density at radius 1 is 1.28 bits per heavy atom. The number of nitrogens with two attached hydrogens (primary N) is 1. The zero-order chi connectivity index (χ0) is 13.0. The molecule has 7 heteroatoms. The number of H-pyrrole nitrogens is 1. The summed E-state index contributed by atoms with van der Waals surface area (Å²) in [7, 11) is 0. The summed E-state index contributed by atoms with van der Waals surface area (Å²) in [6.45, 7) is 0. The van der Waals surface area contributed by atoms with Gasteiger partial charge in [0, 0.05) is 5.69 Å². The minimum atomic E-state index is -0.755. The lowest BCUT2D eigenvalue weighted by molar-refractivity contribution is 0.0993. The number of carbonyl (C=O) groups excluding carboxylic acids is 2. The molecule has 92 valence electrons. The Bertz CT molecular complexity index is 565. The van der Waals surface area contributed by atoms with Crippen LogP contribution in [0, 0.1) is 0 Å². The molecule has 0 saturated carbocycles. The maximum absolute atomic E-state index is 11.5. The molecule has 0 aliphatic carbocycles. The van der Waals surface area contributed by atoms with Crippen molar-refractivity contribution in [2.24, 2.45) is 5.73 Å². The summed E-state index contributed by atoms with van der Waals surface area (Å²) < 4.78 is 4.86. The Morgan fingerprint density at radius 2 is 2.00 bits per heavy atom. The van der Waals surface area contributed by atoms with Crippen molar-refractivity contribution in [2.75, 3.05) is 5.32 Å². The van der Waals surface area contributed by atoms with Gasteiger partial charge in [0.05, 0.1) is 6.33 Å². The zero-order valence-corrected chi connectivity index (χ0v) is 9.21. The van der Waals surface area contributed by atoms with Gasteiger partial charge >= 0.3 is 6.09 Å². The van der Waals surface area contributed by atoms with Gasteiger partial charge in [-0.15, -0.1) is 0 Å². The molecule has 0 bridgehead atoms. The molecule has 2 rings (SSSR count). The Kier molecular flexibility index (Phi) is 3.24. The monoisotopic (exact) mass is 246 g/mol. The Balaban J connectivity index is 2.04. The van der Waals surface area contributed by atoms with Crippen molar-refractivity contribution in [3.05, 3.63) is 42.4 Å². The largest absolute Gasteiger partial charge is 0.418 e. The number of nitrogens with zero attached hydrogens (tertiary/aromatic N) is 1. The van der Waals surface area contributed by atoms with E-state index in [-0.39, 0.29) is 11.6 Å². The average Bonchev–Trinajstić information content (AvgIpc) is 2.78. The molecule has 4 N–H and O–H groups in total. The summed E-state index contributed by atoms with van der Waals surface area (Å²) in [5.74, 6) is -0.911. The fourth-order valence-electron chi connectivity index (χ4n) is 1.29. The van der Waals surface area contributed by atoms with Crippen LogP contribution in [0.1, 0.15) is 10.5 Å². The van der Waals surface area contributed by atoms with Gasteiger partial charge in [0.2, 0.25) is 0 Å². The van der Waals surface area contributed by atoms with E-state index in [1.54, 1.807) is 24.3 Å². The number of amides is 2. The summed E-state index contributed by atoms with van der Waals surface area (Å²) in [5.41, 5.74) is 5.58. The molecular weight excluding hydrogens is 236 g/mol. The molecule has 18 heavy (non-hydrogen) atoms. The number of carbonyl (C=O) groups is 2. The summed E-state index contributed by atoms with van der Waals surface area (Å²) in [6, 6.07) is 8.73. The predicted octanol–water partition coefficient (Wildman–Crippen LogP) is 1.12. The Morgan fingerprint density at radius 3 is 2.67 bits per heavy atom. The molecule has 2 amide bonds. The number of para-hydroxylation sites is 1. The maximum Gasteiger partial charge on any atom is 0.418 e. The van der Waals surface area contributed by atoms with Crippen LogP contribution in [-0.2, 0) is 0 Å². The number of aromatic nitrogens is 2. The highest BCUT2D eigenvalue weighted by molar-refractivity contribution is 5.94. The quantitative estimate of drug-likeness (QED) is 0.753. The third-order valence-corrected chi connectivity index (χ3v) is 2.06. The van der Waals surface area contributed by atoms with Crippen LogP contribution in [0.3, 0.4) is 0 Å². The summed E-state index contributed by atoms with van der Waals surface area (Å²) in [5, 5.41) is 2.48. The van der Waals surface area contributed by atoms with Crippen LogP contribution in [0.2, 0.25) is 0 Å². The lowest BCUT2D eigenvalue weighted by atomic mass is 10.3. The fourth-order valence-corrected chi connectivity index (χ4v) is 1.29. The summed E-state index contributed by atoms with van der Waals surface area (Å²) in [4.78, 5) is 28.6. The molecule has 0 saturated heterocycles. The van der Waals surface area contributed by atoms with Gasteiger partial charge in [0.15, 0.2) is 5.69 Å². The molecule has 0 spiro atoms. The van der Waals surface area contributed by atoms with Gasteiger partial charge in [-0.25, -0.2) is 9.78 Å². The highest BCUT2D eigenvalue weighted by Gasteiger charge is 2.15. The van der Waals surface area contributed by atoms with Gasteiger partial charge in [-0.05, 0) is 12.1 Å². The van der Waals surface area contributed by atoms with Crippen LogP contribution in [0.15, 0.2) is 36.7 Å². The smallest absolute Gasteiger partial charge is 0.388 e. The molecule has 0 aliphatic rings. The Labute approximate surface area is 102 Å². The molecule has 0 aliphatic heterocycles. The lowest BCUT2D eigenvalue weighted by Crippen LogP contribution is -2.20. The molecule has 2 aromatic rings. The molecule has 1 heterocycles. The first-order chi connectivity index (χ1) is 8.66. The number of rotatable bonds is 3. The number of aromatic amines is 1. The molecule has 1 aromatic heterocycles. The van der Waals surface area contributed by atoms with E-state index >= 15 is 0 Å². The average molecular weight is 246 g/mol. The van der Waals surface area contributed by atoms with Crippen LogP contribution >= 0.6 is 0 Å². The summed E-state index contributed by atoms with van der Waals surface area (Å²) >= 11 is 0. The van der Waals surface area contributed by atoms with Crippen molar-refractivity contribution >= 4 is 17.7 Å². The predicted molar refractivity (Wildman–Crippen MR) is 63.2 cm³/mol. The second-order valence-electron chi connectivity index (χ2n) is 3.33. The van der Waals surface area contributed by atoms with Crippen molar-refractivity contribution in [1.29, 1.82) is 0 Å². The maximum atomic E-state index is 11.5. The number of imidazole rings is 1. The van der Waals surface area contributed by atoms with Crippen molar-refractivity contribution in [3.63, 3.8) is 0 Å². The molecule has 0 atom stereocenters. The normalized spacial score (nSPS) is 9.78. The number of nitrogens with one attached hydrogen (secondary N) is 2. The second kappa shape index (κ2) is 5.00. The third-order valence-electron chi connectivity index (χ3n) is 2.06. The second-order valence-corrected chi connectivity index (χ2v) is 3.33. The molecule has 1 aromatic carbocycles. The van der Waals surface area contributed by atoms with E-state index in [1.165, 1.54) is 6.33 Å². The van der Waals surface area contributed by atoms with Crippen LogP contribution in [-0.4, -0.2) is 22.0 Å². The van der Waals surface area contributed by atoms with Gasteiger partial charge in [0.25, 0.3) is 11.8 Å². The molecule has 7 nitrogen and oxygen atoms in total. The van der Waals surface area contributed by atoms with Gasteiger partial charge in [0.1, 0.15) is 0 Å². The van der Waals surface area contributed by atoms with E-state index in [9.17, 15) is 9.59 Å². The highest BCUT2D eigenvalue weighted by Crippen LogP contribution is 2.13. The van der Waals surface area contributed by atoms with E-state index in [0.29, 0.717) is 5.69 Å². The van der Waals surface area contributed by atoms with Crippen LogP contribution in [0.25, 0.3) is 0 Å². The van der Waals surface area contributed by atoms with E-state index < -0.39 is 12.0 Å². The van der Waals surface area contributed by atoms with Gasteiger partial charge in [-0.1, -0.05) is 18.2 Å². The van der Waals surface area contributed by atoms with E-state index in [0.717, 1.165) is 0 Å². The standard InChI is InChI=1S/C11H10N4O3/c12-9(16)8-10(14-6-13-8)18-11(17)15-7-4-2-1-3-5-7/h1-6H,(H2,12,16)(H,13,14)(H,15,17).